The molecular formula is C49H80O18. The molecule has 384 valence electrons. The Bertz CT molecular complexity index is 1800. The van der Waals surface area contributed by atoms with E-state index >= 15 is 0 Å². The maximum atomic E-state index is 11.8. The fourth-order valence-corrected chi connectivity index (χ4v) is 16.2. The van der Waals surface area contributed by atoms with Crippen LogP contribution in [0.2, 0.25) is 0 Å². The first-order valence-electron chi connectivity index (χ1n) is 25.0. The van der Waals surface area contributed by atoms with E-state index in [1.807, 2.05) is 19.9 Å². The molecule has 9 aliphatic rings. The van der Waals surface area contributed by atoms with Gasteiger partial charge in [-0.2, -0.15) is 0 Å². The van der Waals surface area contributed by atoms with Crippen molar-refractivity contribution in [3.63, 3.8) is 0 Å². The predicted octanol–water partition coefficient (Wildman–Crippen LogP) is 0.601. The van der Waals surface area contributed by atoms with Crippen molar-refractivity contribution in [1.82, 2.24) is 0 Å². The highest BCUT2D eigenvalue weighted by atomic mass is 16.8. The lowest BCUT2D eigenvalue weighted by Gasteiger charge is -2.64. The highest BCUT2D eigenvalue weighted by Gasteiger charge is 2.83. The van der Waals surface area contributed by atoms with Crippen molar-refractivity contribution in [3.05, 3.63) is 11.6 Å². The number of aliphatic hydroxyl groups excluding tert-OH is 10. The quantitative estimate of drug-likeness (QED) is 0.100. The smallest absolute Gasteiger partial charge is 0.187 e. The molecule has 9 fully saturated rings. The molecule has 2 spiro atoms. The van der Waals surface area contributed by atoms with Crippen molar-refractivity contribution in [2.24, 2.45) is 50.7 Å². The lowest BCUT2D eigenvalue weighted by Crippen LogP contribution is -2.66. The van der Waals surface area contributed by atoms with E-state index in [1.54, 1.807) is 7.11 Å². The second kappa shape index (κ2) is 18.2. The van der Waals surface area contributed by atoms with E-state index in [4.69, 9.17) is 37.9 Å². The molecule has 10 N–H and O–H groups in total. The molecule has 0 radical (unpaired) electrons. The number of ether oxygens (including phenoxy) is 8. The molecule has 67 heavy (non-hydrogen) atoms. The van der Waals surface area contributed by atoms with Crippen molar-refractivity contribution < 1.29 is 89.0 Å². The monoisotopic (exact) mass is 957 g/mol. The number of methoxy groups -OCH3 is 1. The summed E-state index contributed by atoms with van der Waals surface area (Å²) in [6.07, 6.45) is -13.7. The molecule has 0 unspecified atom stereocenters. The van der Waals surface area contributed by atoms with Crippen LogP contribution < -0.4 is 0 Å². The number of allylic oxidation sites excluding steroid dienone is 1. The van der Waals surface area contributed by atoms with Crippen LogP contribution in [0.5, 0.6) is 0 Å². The third-order valence-electron chi connectivity index (χ3n) is 20.1. The van der Waals surface area contributed by atoms with Gasteiger partial charge in [0, 0.05) is 18.4 Å². The Hall–Kier alpha value is -0.980. The molecule has 4 heterocycles. The van der Waals surface area contributed by atoms with E-state index in [2.05, 4.69) is 20.8 Å². The van der Waals surface area contributed by atoms with Crippen molar-refractivity contribution >= 4 is 0 Å². The summed E-state index contributed by atoms with van der Waals surface area (Å²) in [7, 11) is 1.67. The maximum Gasteiger partial charge on any atom is 0.187 e. The molecule has 5 saturated carbocycles. The average molecular weight is 957 g/mol. The minimum Gasteiger partial charge on any atom is -0.396 e. The summed E-state index contributed by atoms with van der Waals surface area (Å²) in [6.45, 7) is 13.4. The summed E-state index contributed by atoms with van der Waals surface area (Å²) in [4.78, 5) is 0. The first-order valence-corrected chi connectivity index (χ1v) is 25.0. The van der Waals surface area contributed by atoms with Gasteiger partial charge >= 0.3 is 0 Å². The van der Waals surface area contributed by atoms with Crippen LogP contribution in [0.4, 0.5) is 0 Å². The number of hydrogen-bond donors (Lipinski definition) is 10. The zero-order chi connectivity index (χ0) is 48.5. The lowest BCUT2D eigenvalue weighted by atomic mass is 9.41. The first kappa shape index (κ1) is 50.9. The van der Waals surface area contributed by atoms with Crippen LogP contribution in [0.15, 0.2) is 11.6 Å². The Labute approximate surface area is 393 Å². The summed E-state index contributed by atoms with van der Waals surface area (Å²) < 4.78 is 48.9. The Morgan fingerprint density at radius 1 is 0.597 bits per heavy atom. The Balaban J connectivity index is 0.953. The average Bonchev–Trinajstić information content (AvgIpc) is 3.76. The Kier molecular flexibility index (Phi) is 13.8. The molecular weight excluding hydrogens is 877 g/mol. The SMILES string of the molecule is CO[C@@H]1O[C@H](C=C(C)C)[C@H](O)[C@@H]1[C@H]1CC[C@@]2(C)[C@@H]3CC[C@@H]4[C@@](C)(CO)[C@@H](O[C@@H]5O[C@H](CO[C@@H]6O[C@@H](C)[C@H](O)[C@@H](O)[C@H]6O)[C@@H](O)[C@H](O)[C@H]5O[C@@H]5O[C@@H](C)[C@H](O)[C@@H](O)[C@H]5O)CC[C@@]45C[C@@]35CC[C@]12C. The van der Waals surface area contributed by atoms with E-state index in [-0.39, 0.29) is 46.0 Å². The van der Waals surface area contributed by atoms with Crippen LogP contribution in [-0.4, -0.2) is 188 Å². The summed E-state index contributed by atoms with van der Waals surface area (Å²) in [5.41, 5.74) is 0.314. The molecule has 5 aliphatic carbocycles. The topological polar surface area (TPSA) is 276 Å². The minimum absolute atomic E-state index is 0.00995. The summed E-state index contributed by atoms with van der Waals surface area (Å²) in [5.74, 6) is 0.597. The number of rotatable bonds is 11. The zero-order valence-corrected chi connectivity index (χ0v) is 40.4. The molecule has 28 atom stereocenters. The molecule has 18 heteroatoms. The van der Waals surface area contributed by atoms with Crippen LogP contribution >= 0.6 is 0 Å². The second-order valence-corrected chi connectivity index (χ2v) is 23.3. The molecule has 4 aliphatic heterocycles. The normalized spacial score (nSPS) is 58.3. The summed E-state index contributed by atoms with van der Waals surface area (Å²) in [5, 5.41) is 110. The number of hydrogen-bond acceptors (Lipinski definition) is 18. The minimum atomic E-state index is -1.75. The molecule has 0 aromatic carbocycles. The first-order chi connectivity index (χ1) is 31.5. The van der Waals surface area contributed by atoms with Crippen molar-refractivity contribution in [1.29, 1.82) is 0 Å². The van der Waals surface area contributed by atoms with Gasteiger partial charge in [-0.25, -0.2) is 0 Å². The van der Waals surface area contributed by atoms with Gasteiger partial charge in [-0.3, -0.25) is 0 Å². The fraction of sp³-hybridized carbons (Fsp3) is 0.959. The van der Waals surface area contributed by atoms with Crippen LogP contribution in [0.25, 0.3) is 0 Å². The van der Waals surface area contributed by atoms with Gasteiger partial charge in [-0.15, -0.1) is 0 Å². The molecule has 0 aromatic heterocycles. The third kappa shape index (κ3) is 7.71. The fourth-order valence-electron chi connectivity index (χ4n) is 16.2. The van der Waals surface area contributed by atoms with Gasteiger partial charge in [0.25, 0.3) is 0 Å². The van der Waals surface area contributed by atoms with Gasteiger partial charge in [0.15, 0.2) is 25.2 Å². The van der Waals surface area contributed by atoms with Crippen LogP contribution in [0.3, 0.4) is 0 Å². The molecule has 4 saturated heterocycles. The summed E-state index contributed by atoms with van der Waals surface area (Å²) in [6, 6.07) is 0. The molecule has 18 nitrogen and oxygen atoms in total. The van der Waals surface area contributed by atoms with E-state index in [1.165, 1.54) is 13.8 Å². The van der Waals surface area contributed by atoms with Gasteiger partial charge < -0.3 is 89.0 Å². The standard InChI is InChI=1S/C49H80O18/c1-21(2)17-25-33(53)30(41(60-8)64-25)24-11-13-47(7)28-10-9-27-45(5,20-50)29(12-14-48(27)19-49(28,48)16-15-46(24,47)6)66-44-40(67-43-39(59)36(56)32(52)23(4)63-43)37(57)34(54)26(65-44)18-61-42-38(58)35(55)31(51)22(3)62-42/h17,22-44,50-59H,9-16,18-20H2,1-8H3/t22-,23-,24+,25+,26+,27+,28-,29-,30-,31-,32-,33-,34+,35+,36+,37-,38+,39+,40+,41+,42+,43-,44-,45+,46+,47-,48+,49-/m0/s1. The second-order valence-electron chi connectivity index (χ2n) is 23.3. The van der Waals surface area contributed by atoms with E-state index in [0.29, 0.717) is 12.3 Å². The molecule has 0 amide bonds. The zero-order valence-electron chi connectivity index (χ0n) is 40.4. The van der Waals surface area contributed by atoms with Crippen molar-refractivity contribution in [3.8, 4) is 0 Å². The van der Waals surface area contributed by atoms with Gasteiger partial charge in [0.2, 0.25) is 0 Å². The number of fused-ring (bicyclic) bond motifs is 2. The van der Waals surface area contributed by atoms with Gasteiger partial charge in [0.1, 0.15) is 67.1 Å². The third-order valence-corrected chi connectivity index (χ3v) is 20.1. The predicted molar refractivity (Wildman–Crippen MR) is 234 cm³/mol. The van der Waals surface area contributed by atoms with Gasteiger partial charge in [-0.05, 0) is 125 Å². The van der Waals surface area contributed by atoms with Crippen LogP contribution in [-0.2, 0) is 37.9 Å². The van der Waals surface area contributed by atoms with E-state index in [9.17, 15) is 51.1 Å². The van der Waals surface area contributed by atoms with Crippen LogP contribution in [0, 0.1) is 50.7 Å². The highest BCUT2D eigenvalue weighted by molar-refractivity contribution is 5.31. The van der Waals surface area contributed by atoms with Crippen molar-refractivity contribution in [2.45, 2.75) is 223 Å². The number of aliphatic hydroxyl groups is 10. The molecule has 9 rings (SSSR count). The van der Waals surface area contributed by atoms with Gasteiger partial charge in [-0.1, -0.05) is 32.4 Å². The Morgan fingerprint density at radius 2 is 1.22 bits per heavy atom. The van der Waals surface area contributed by atoms with E-state index in [0.717, 1.165) is 56.9 Å². The highest BCUT2D eigenvalue weighted by Crippen LogP contribution is 2.89. The lowest BCUT2D eigenvalue weighted by molar-refractivity contribution is -0.380. The molecule has 0 aromatic rings. The van der Waals surface area contributed by atoms with Crippen LogP contribution in [0.1, 0.15) is 106 Å². The van der Waals surface area contributed by atoms with E-state index < -0.39 is 129 Å². The maximum absolute atomic E-state index is 11.8. The molecule has 0 bridgehead atoms. The summed E-state index contributed by atoms with van der Waals surface area (Å²) >= 11 is 0. The van der Waals surface area contributed by atoms with Crippen molar-refractivity contribution in [2.75, 3.05) is 20.3 Å². The van der Waals surface area contributed by atoms with Gasteiger partial charge in [0.05, 0.1) is 37.6 Å². The Morgan fingerprint density at radius 3 is 1.87 bits per heavy atom. The largest absolute Gasteiger partial charge is 0.396 e.